The van der Waals surface area contributed by atoms with Crippen LogP contribution in [0.4, 0.5) is 0 Å². The molecule has 16 heavy (non-hydrogen) atoms. The zero-order chi connectivity index (χ0) is 12.2. The Balaban J connectivity index is 2.73. The molecule has 1 N–H and O–H groups in total. The molecule has 1 aliphatic carbocycles. The van der Waals surface area contributed by atoms with Gasteiger partial charge in [0.15, 0.2) is 0 Å². The van der Waals surface area contributed by atoms with Gasteiger partial charge in [0, 0.05) is 7.11 Å². The number of hydrogen-bond donors (Lipinski definition) is 1. The number of rotatable bonds is 4. The van der Waals surface area contributed by atoms with Crippen molar-refractivity contribution in [3.05, 3.63) is 0 Å². The van der Waals surface area contributed by atoms with Crippen LogP contribution in [0.25, 0.3) is 0 Å². The summed E-state index contributed by atoms with van der Waals surface area (Å²) < 4.78 is 5.23. The van der Waals surface area contributed by atoms with Crippen LogP contribution in [-0.2, 0) is 9.53 Å². The first-order valence-corrected chi connectivity index (χ1v) is 5.81. The summed E-state index contributed by atoms with van der Waals surface area (Å²) in [7, 11) is 1.52. The van der Waals surface area contributed by atoms with E-state index in [9.17, 15) is 10.1 Å². The average Bonchev–Trinajstić information content (AvgIpc) is 2.77. The monoisotopic (exact) mass is 224 g/mol. The van der Waals surface area contributed by atoms with Crippen molar-refractivity contribution in [2.24, 2.45) is 0 Å². The van der Waals surface area contributed by atoms with E-state index in [0.717, 1.165) is 25.7 Å². The fourth-order valence-electron chi connectivity index (χ4n) is 1.99. The van der Waals surface area contributed by atoms with E-state index in [1.807, 2.05) is 6.92 Å². The van der Waals surface area contributed by atoms with Gasteiger partial charge in [-0.15, -0.1) is 0 Å². The first-order chi connectivity index (χ1) is 7.52. The zero-order valence-electron chi connectivity index (χ0n) is 10.3. The summed E-state index contributed by atoms with van der Waals surface area (Å²) >= 11 is 0. The third-order valence-corrected chi connectivity index (χ3v) is 3.63. The summed E-state index contributed by atoms with van der Waals surface area (Å²) in [6, 6.07) is 2.24. The largest absolute Gasteiger partial charge is 0.369 e. The molecule has 90 valence electrons. The SMILES string of the molecule is CCC(C)(OC)C(=O)NC1(C#N)CCCC1. The van der Waals surface area contributed by atoms with Crippen LogP contribution in [0.15, 0.2) is 0 Å². The minimum atomic E-state index is -0.827. The molecule has 0 spiro atoms. The summed E-state index contributed by atoms with van der Waals surface area (Å²) in [6.45, 7) is 3.65. The maximum atomic E-state index is 12.1. The van der Waals surface area contributed by atoms with E-state index in [-0.39, 0.29) is 5.91 Å². The molecule has 0 radical (unpaired) electrons. The molecule has 0 bridgehead atoms. The highest BCUT2D eigenvalue weighted by atomic mass is 16.5. The number of nitriles is 1. The lowest BCUT2D eigenvalue weighted by Gasteiger charge is -2.30. The Labute approximate surface area is 97.0 Å². The minimum Gasteiger partial charge on any atom is -0.369 e. The third kappa shape index (κ3) is 2.35. The van der Waals surface area contributed by atoms with Crippen LogP contribution in [0.1, 0.15) is 46.0 Å². The predicted molar refractivity (Wildman–Crippen MR) is 60.7 cm³/mol. The van der Waals surface area contributed by atoms with Crippen LogP contribution in [0, 0.1) is 11.3 Å². The molecule has 4 heteroatoms. The van der Waals surface area contributed by atoms with Crippen LogP contribution >= 0.6 is 0 Å². The van der Waals surface area contributed by atoms with Crippen LogP contribution < -0.4 is 5.32 Å². The van der Waals surface area contributed by atoms with E-state index in [2.05, 4.69) is 11.4 Å². The van der Waals surface area contributed by atoms with Crippen LogP contribution in [0.5, 0.6) is 0 Å². The van der Waals surface area contributed by atoms with Crippen molar-refractivity contribution in [3.8, 4) is 6.07 Å². The van der Waals surface area contributed by atoms with Gasteiger partial charge < -0.3 is 10.1 Å². The van der Waals surface area contributed by atoms with Crippen LogP contribution in [-0.4, -0.2) is 24.2 Å². The second-order valence-corrected chi connectivity index (χ2v) is 4.64. The molecule has 1 rings (SSSR count). The number of nitrogens with one attached hydrogen (secondary N) is 1. The first kappa shape index (κ1) is 13.0. The molecular formula is C12H20N2O2. The minimum absolute atomic E-state index is 0.180. The summed E-state index contributed by atoms with van der Waals surface area (Å²) in [5.74, 6) is -0.180. The molecule has 0 aromatic carbocycles. The summed E-state index contributed by atoms with van der Waals surface area (Å²) in [5, 5.41) is 12.0. The summed E-state index contributed by atoms with van der Waals surface area (Å²) in [6.07, 6.45) is 4.10. The number of methoxy groups -OCH3 is 1. The highest BCUT2D eigenvalue weighted by Crippen LogP contribution is 2.30. The molecule has 1 unspecified atom stereocenters. The Hall–Kier alpha value is -1.08. The van der Waals surface area contributed by atoms with Gasteiger partial charge in [-0.2, -0.15) is 5.26 Å². The van der Waals surface area contributed by atoms with Gasteiger partial charge in [0.25, 0.3) is 5.91 Å². The number of hydrogen-bond acceptors (Lipinski definition) is 3. The molecule has 0 saturated heterocycles. The van der Waals surface area contributed by atoms with Crippen molar-refractivity contribution in [2.45, 2.75) is 57.1 Å². The Kier molecular flexibility index (Phi) is 3.93. The Morgan fingerprint density at radius 1 is 1.56 bits per heavy atom. The van der Waals surface area contributed by atoms with Crippen molar-refractivity contribution >= 4 is 5.91 Å². The van der Waals surface area contributed by atoms with Gasteiger partial charge in [0.05, 0.1) is 6.07 Å². The molecule has 1 aliphatic rings. The van der Waals surface area contributed by atoms with E-state index in [0.29, 0.717) is 6.42 Å². The lowest BCUT2D eigenvalue weighted by atomic mass is 9.95. The molecular weight excluding hydrogens is 204 g/mol. The van der Waals surface area contributed by atoms with Gasteiger partial charge in [-0.25, -0.2) is 0 Å². The van der Waals surface area contributed by atoms with E-state index in [1.165, 1.54) is 7.11 Å². The highest BCUT2D eigenvalue weighted by molar-refractivity contribution is 5.85. The summed E-state index contributed by atoms with van der Waals surface area (Å²) in [5.41, 5.74) is -1.49. The van der Waals surface area contributed by atoms with Crippen molar-refractivity contribution in [3.63, 3.8) is 0 Å². The molecule has 0 aromatic heterocycles. The van der Waals surface area contributed by atoms with Gasteiger partial charge in [0.2, 0.25) is 0 Å². The molecule has 0 heterocycles. The number of ether oxygens (including phenoxy) is 1. The fraction of sp³-hybridized carbons (Fsp3) is 0.833. The fourth-order valence-corrected chi connectivity index (χ4v) is 1.99. The smallest absolute Gasteiger partial charge is 0.253 e. The van der Waals surface area contributed by atoms with Crippen molar-refractivity contribution in [2.75, 3.05) is 7.11 Å². The average molecular weight is 224 g/mol. The number of nitrogens with zero attached hydrogens (tertiary/aromatic N) is 1. The highest BCUT2D eigenvalue weighted by Gasteiger charge is 2.40. The Morgan fingerprint density at radius 2 is 2.12 bits per heavy atom. The first-order valence-electron chi connectivity index (χ1n) is 5.81. The second kappa shape index (κ2) is 4.84. The van der Waals surface area contributed by atoms with Crippen molar-refractivity contribution in [1.29, 1.82) is 5.26 Å². The second-order valence-electron chi connectivity index (χ2n) is 4.64. The topological polar surface area (TPSA) is 62.1 Å². The lowest BCUT2D eigenvalue weighted by molar-refractivity contribution is -0.143. The molecule has 1 amide bonds. The van der Waals surface area contributed by atoms with Crippen molar-refractivity contribution in [1.82, 2.24) is 5.32 Å². The quantitative estimate of drug-likeness (QED) is 0.791. The third-order valence-electron chi connectivity index (χ3n) is 3.63. The van der Waals surface area contributed by atoms with Crippen LogP contribution in [0.3, 0.4) is 0 Å². The molecule has 1 saturated carbocycles. The van der Waals surface area contributed by atoms with Crippen molar-refractivity contribution < 1.29 is 9.53 Å². The molecule has 1 atom stereocenters. The van der Waals surface area contributed by atoms with Gasteiger partial charge in [0.1, 0.15) is 11.1 Å². The Bertz CT molecular complexity index is 297. The number of carbonyl (C=O) groups excluding carboxylic acids is 1. The van der Waals surface area contributed by atoms with Gasteiger partial charge in [-0.3, -0.25) is 4.79 Å². The van der Waals surface area contributed by atoms with Gasteiger partial charge in [-0.1, -0.05) is 6.92 Å². The normalized spacial score (nSPS) is 22.1. The standard InChI is InChI=1S/C12H20N2O2/c1-4-11(2,16-3)10(15)14-12(9-13)7-5-6-8-12/h4-8H2,1-3H3,(H,14,15). The van der Waals surface area contributed by atoms with Gasteiger partial charge >= 0.3 is 0 Å². The van der Waals surface area contributed by atoms with E-state index >= 15 is 0 Å². The maximum absolute atomic E-state index is 12.1. The predicted octanol–water partition coefficient (Wildman–Crippen LogP) is 1.75. The van der Waals surface area contributed by atoms with Crippen LogP contribution in [0.2, 0.25) is 0 Å². The molecule has 1 fully saturated rings. The Morgan fingerprint density at radius 3 is 2.50 bits per heavy atom. The number of carbonyl (C=O) groups is 1. The maximum Gasteiger partial charge on any atom is 0.253 e. The summed E-state index contributed by atoms with van der Waals surface area (Å²) in [4.78, 5) is 12.1. The molecule has 0 aromatic rings. The van der Waals surface area contributed by atoms with E-state index in [1.54, 1.807) is 6.92 Å². The molecule has 4 nitrogen and oxygen atoms in total. The number of amides is 1. The van der Waals surface area contributed by atoms with E-state index < -0.39 is 11.1 Å². The van der Waals surface area contributed by atoms with E-state index in [4.69, 9.17) is 4.74 Å². The van der Waals surface area contributed by atoms with Gasteiger partial charge in [-0.05, 0) is 39.0 Å². The lowest BCUT2D eigenvalue weighted by Crippen LogP contribution is -2.54. The molecule has 0 aliphatic heterocycles. The zero-order valence-corrected chi connectivity index (χ0v) is 10.3.